The third kappa shape index (κ3) is 8.84. The number of aliphatic hydroxyl groups is 2. The number of anilines is 1. The summed E-state index contributed by atoms with van der Waals surface area (Å²) < 4.78 is 136. The van der Waals surface area contributed by atoms with E-state index in [1.165, 1.54) is 50.8 Å². The normalized spacial score (nSPS) is 22.5. The van der Waals surface area contributed by atoms with E-state index in [-0.39, 0.29) is 36.0 Å². The molecule has 0 bridgehead atoms. The van der Waals surface area contributed by atoms with Crippen molar-refractivity contribution < 1.29 is 59.2 Å². The lowest BCUT2D eigenvalue weighted by molar-refractivity contribution is -0.150. The van der Waals surface area contributed by atoms with E-state index in [2.05, 4.69) is 0 Å². The summed E-state index contributed by atoms with van der Waals surface area (Å²) in [6.07, 6.45) is -16.6. The molecule has 1 unspecified atom stereocenters. The van der Waals surface area contributed by atoms with Crippen LogP contribution in [0.1, 0.15) is 87.8 Å². The predicted octanol–water partition coefficient (Wildman–Crippen LogP) is 8.66. The summed E-state index contributed by atoms with van der Waals surface area (Å²) in [5, 5.41) is 21.4. The average molecular weight is 713 g/mol. The molecule has 1 heterocycles. The number of likely N-dealkylation sites (N-methyl/N-ethyl adjacent to an activating group) is 1. The Morgan fingerprint density at radius 3 is 2.00 bits per heavy atom. The minimum atomic E-state index is -5.08. The molecule has 1 fully saturated rings. The second-order valence-corrected chi connectivity index (χ2v) is 14.3. The molecule has 274 valence electrons. The van der Waals surface area contributed by atoms with Crippen LogP contribution in [0.15, 0.2) is 35.9 Å². The first-order valence-electron chi connectivity index (χ1n) is 15.5. The van der Waals surface area contributed by atoms with E-state index in [0.717, 1.165) is 6.07 Å². The van der Waals surface area contributed by atoms with Gasteiger partial charge >= 0.3 is 18.5 Å². The molecule has 2 aromatic rings. The summed E-state index contributed by atoms with van der Waals surface area (Å²) in [6.45, 7) is 8.22. The van der Waals surface area contributed by atoms with Crippen LogP contribution < -0.4 is 9.64 Å². The number of halogens is 9. The number of benzene rings is 2. The van der Waals surface area contributed by atoms with Gasteiger partial charge in [0.15, 0.2) is 0 Å². The number of nitrogens with zero attached hydrogens (tertiary/aromatic N) is 2. The minimum absolute atomic E-state index is 0.0171. The zero-order valence-corrected chi connectivity index (χ0v) is 28.2. The second-order valence-electron chi connectivity index (χ2n) is 14.3. The van der Waals surface area contributed by atoms with Crippen molar-refractivity contribution in [1.29, 1.82) is 0 Å². The third-order valence-electron chi connectivity index (χ3n) is 8.98. The number of alkyl halides is 9. The third-order valence-corrected chi connectivity index (χ3v) is 8.98. The smallest absolute Gasteiger partial charge is 0.418 e. The maximum atomic E-state index is 14.3. The Balaban J connectivity index is 1.82. The van der Waals surface area contributed by atoms with Gasteiger partial charge in [-0.3, -0.25) is 0 Å². The summed E-state index contributed by atoms with van der Waals surface area (Å²) >= 11 is 0. The Hall–Kier alpha value is -3.01. The zero-order valence-electron chi connectivity index (χ0n) is 28.2. The van der Waals surface area contributed by atoms with Gasteiger partial charge in [-0.1, -0.05) is 19.4 Å². The molecule has 1 aliphatic carbocycles. The molecule has 0 radical (unpaired) electrons. The SMILES string of the molecule is COc1cc(C(F)(F)F)c(N(C)CC(C)(C)O)cc1C1=C(CN2C(O)O[C@H](c3cc(C(F)(F)F)cc(C(F)(F)F)c3)[C@@H]2C)CC(C)(C)CC1. The molecule has 2 aromatic carbocycles. The molecule has 0 spiro atoms. The number of allylic oxidation sites excluding steroid dienone is 1. The lowest BCUT2D eigenvalue weighted by atomic mass is 9.72. The molecule has 0 amide bonds. The maximum absolute atomic E-state index is 14.3. The topological polar surface area (TPSA) is 65.4 Å². The summed E-state index contributed by atoms with van der Waals surface area (Å²) in [4.78, 5) is 2.70. The molecule has 3 atom stereocenters. The van der Waals surface area contributed by atoms with Crippen LogP contribution >= 0.6 is 0 Å². The van der Waals surface area contributed by atoms with Crippen molar-refractivity contribution in [2.45, 2.75) is 96.6 Å². The highest BCUT2D eigenvalue weighted by atomic mass is 19.4. The lowest BCUT2D eigenvalue weighted by Gasteiger charge is -2.37. The molecule has 2 N–H and O–H groups in total. The molecule has 2 aliphatic rings. The number of hydrogen-bond acceptors (Lipinski definition) is 6. The van der Waals surface area contributed by atoms with Gasteiger partial charge < -0.3 is 24.6 Å². The van der Waals surface area contributed by atoms with Crippen LogP contribution in [-0.2, 0) is 23.3 Å². The molecule has 4 rings (SSSR count). The zero-order chi connectivity index (χ0) is 37.1. The largest absolute Gasteiger partial charge is 0.496 e. The second kappa shape index (κ2) is 13.3. The van der Waals surface area contributed by atoms with Crippen molar-refractivity contribution in [2.24, 2.45) is 5.41 Å². The summed E-state index contributed by atoms with van der Waals surface area (Å²) in [5.74, 6) is -0.0623. The fourth-order valence-electron chi connectivity index (χ4n) is 6.71. The predicted molar refractivity (Wildman–Crippen MR) is 165 cm³/mol. The van der Waals surface area contributed by atoms with Gasteiger partial charge in [-0.25, -0.2) is 4.90 Å². The molecule has 1 saturated heterocycles. The van der Waals surface area contributed by atoms with Gasteiger partial charge in [0.05, 0.1) is 29.4 Å². The van der Waals surface area contributed by atoms with Crippen LogP contribution in [0.4, 0.5) is 45.2 Å². The quantitative estimate of drug-likeness (QED) is 0.267. The van der Waals surface area contributed by atoms with Crippen LogP contribution in [0.2, 0.25) is 0 Å². The number of aliphatic hydroxyl groups excluding tert-OH is 1. The van der Waals surface area contributed by atoms with E-state index in [1.807, 2.05) is 13.8 Å². The van der Waals surface area contributed by atoms with Crippen molar-refractivity contribution in [3.05, 3.63) is 63.7 Å². The highest BCUT2D eigenvalue weighted by Gasteiger charge is 2.44. The van der Waals surface area contributed by atoms with E-state index in [9.17, 15) is 49.7 Å². The van der Waals surface area contributed by atoms with Crippen LogP contribution in [0.3, 0.4) is 0 Å². The van der Waals surface area contributed by atoms with Gasteiger partial charge in [-0.05, 0) is 86.9 Å². The van der Waals surface area contributed by atoms with Gasteiger partial charge in [0.25, 0.3) is 0 Å². The van der Waals surface area contributed by atoms with E-state index < -0.39 is 64.9 Å². The summed E-state index contributed by atoms with van der Waals surface area (Å²) in [7, 11) is 2.66. The Kier molecular flexibility index (Phi) is 10.5. The molecule has 0 aromatic heterocycles. The molecule has 15 heteroatoms. The number of rotatable bonds is 8. The van der Waals surface area contributed by atoms with Gasteiger partial charge in [0.1, 0.15) is 11.9 Å². The Morgan fingerprint density at radius 1 is 0.939 bits per heavy atom. The summed E-state index contributed by atoms with van der Waals surface area (Å²) in [6, 6.07) is 2.49. The first-order valence-corrected chi connectivity index (χ1v) is 15.5. The number of hydrogen-bond donors (Lipinski definition) is 2. The van der Waals surface area contributed by atoms with E-state index >= 15 is 0 Å². The molecule has 1 aliphatic heterocycles. The van der Waals surface area contributed by atoms with Crippen LogP contribution in [0.5, 0.6) is 5.75 Å². The van der Waals surface area contributed by atoms with E-state index in [4.69, 9.17) is 9.47 Å². The fraction of sp³-hybridized carbons (Fsp3) is 0.588. The van der Waals surface area contributed by atoms with Crippen LogP contribution in [0, 0.1) is 5.41 Å². The maximum Gasteiger partial charge on any atom is 0.418 e. The highest BCUT2D eigenvalue weighted by molar-refractivity contribution is 5.78. The minimum Gasteiger partial charge on any atom is -0.496 e. The van der Waals surface area contributed by atoms with Crippen molar-refractivity contribution in [1.82, 2.24) is 4.90 Å². The molecular formula is C34H41F9N2O4. The van der Waals surface area contributed by atoms with Gasteiger partial charge in [0, 0.05) is 37.4 Å². The van der Waals surface area contributed by atoms with Crippen molar-refractivity contribution in [2.75, 3.05) is 32.1 Å². The number of methoxy groups -OCH3 is 1. The van der Waals surface area contributed by atoms with Crippen molar-refractivity contribution in [3.63, 3.8) is 0 Å². The molecular weight excluding hydrogens is 671 g/mol. The molecule has 49 heavy (non-hydrogen) atoms. The van der Waals surface area contributed by atoms with Crippen molar-refractivity contribution in [3.8, 4) is 5.75 Å². The van der Waals surface area contributed by atoms with Gasteiger partial charge in [-0.2, -0.15) is 39.5 Å². The Morgan fingerprint density at radius 2 is 1.51 bits per heavy atom. The standard InChI is InChI=1S/C34H41F9N2O4/c1-18-28(19-10-21(32(35,36)37)12-22(11-19)33(38,39)40)49-29(46)45(18)16-20-15-30(2,3)9-8-23(20)24-13-26(44(6)17-31(4,5)47)25(34(41,42)43)14-27(24)48-7/h10-14,18,28-29,46-47H,8-9,15-17H2,1-7H3/t18-,28-,29?/m0/s1. The Labute approximate surface area is 279 Å². The van der Waals surface area contributed by atoms with E-state index in [1.54, 1.807) is 0 Å². The van der Waals surface area contributed by atoms with E-state index in [0.29, 0.717) is 48.1 Å². The lowest BCUT2D eigenvalue weighted by Crippen LogP contribution is -2.38. The Bertz CT molecular complexity index is 1530. The van der Waals surface area contributed by atoms with Gasteiger partial charge in [-0.15, -0.1) is 0 Å². The fourth-order valence-corrected chi connectivity index (χ4v) is 6.71. The van der Waals surface area contributed by atoms with Gasteiger partial charge in [0.2, 0.25) is 6.41 Å². The highest BCUT2D eigenvalue weighted by Crippen LogP contribution is 2.49. The first-order chi connectivity index (χ1) is 22.2. The molecule has 0 saturated carbocycles. The molecule has 6 nitrogen and oxygen atoms in total. The number of ether oxygens (including phenoxy) is 2. The van der Waals surface area contributed by atoms with Crippen LogP contribution in [0.25, 0.3) is 5.57 Å². The average Bonchev–Trinajstić information content (AvgIpc) is 3.22. The monoisotopic (exact) mass is 712 g/mol. The van der Waals surface area contributed by atoms with Crippen LogP contribution in [-0.4, -0.2) is 60.4 Å². The first kappa shape index (κ1) is 38.8. The van der Waals surface area contributed by atoms with Crippen molar-refractivity contribution >= 4 is 11.3 Å². The summed E-state index contributed by atoms with van der Waals surface area (Å²) in [5.41, 5.74) is -4.60.